The Hall–Kier alpha value is -1.66. The van der Waals surface area contributed by atoms with E-state index in [9.17, 15) is 24.6 Å². The smallest absolute Gasteiger partial charge is 0.356 e. The second kappa shape index (κ2) is 7.64. The zero-order chi connectivity index (χ0) is 20.8. The van der Waals surface area contributed by atoms with Gasteiger partial charge >= 0.3 is 7.60 Å². The molecule has 0 bridgehead atoms. The first-order valence-electron chi connectivity index (χ1n) is 8.58. The number of aliphatic hydroxyl groups is 2. The summed E-state index contributed by atoms with van der Waals surface area (Å²) in [7, 11) is -1.80. The minimum Gasteiger partial charge on any atom is -0.387 e. The number of fused-ring (bicyclic) bond motifs is 1. The van der Waals surface area contributed by atoms with Gasteiger partial charge in [-0.3, -0.25) is 9.13 Å². The summed E-state index contributed by atoms with van der Waals surface area (Å²) in [5, 5.41) is 20.8. The zero-order valence-corrected chi connectivity index (χ0v) is 16.7. The Bertz CT molecular complexity index is 887. The summed E-state index contributed by atoms with van der Waals surface area (Å²) in [6.45, 7) is 3.98. The van der Waals surface area contributed by atoms with Gasteiger partial charge in [0, 0.05) is 20.2 Å². The van der Waals surface area contributed by atoms with Gasteiger partial charge in [0.25, 0.3) is 0 Å². The number of aliphatic hydroxyl groups excluding tert-OH is 2. The quantitative estimate of drug-likeness (QED) is 0.446. The van der Waals surface area contributed by atoms with Gasteiger partial charge in [0.15, 0.2) is 29.1 Å². The number of rotatable bonds is 6. The van der Waals surface area contributed by atoms with Crippen LogP contribution in [-0.4, -0.2) is 83.9 Å². The average Bonchev–Trinajstić information content (AvgIpc) is 3.16. The van der Waals surface area contributed by atoms with Gasteiger partial charge in [-0.05, 0) is 13.8 Å². The molecule has 1 aliphatic heterocycles. The van der Waals surface area contributed by atoms with E-state index in [4.69, 9.17) is 9.47 Å². The summed E-state index contributed by atoms with van der Waals surface area (Å²) < 4.78 is 23.5. The van der Waals surface area contributed by atoms with Crippen LogP contribution < -0.4 is 4.90 Å². The van der Waals surface area contributed by atoms with Crippen LogP contribution in [0.25, 0.3) is 11.2 Å². The van der Waals surface area contributed by atoms with Crippen molar-refractivity contribution in [2.24, 2.45) is 0 Å². The first-order chi connectivity index (χ1) is 13.1. The van der Waals surface area contributed by atoms with Crippen LogP contribution in [0.1, 0.15) is 20.1 Å². The Labute approximate surface area is 160 Å². The second-order valence-corrected chi connectivity index (χ2v) is 8.60. The largest absolute Gasteiger partial charge is 0.387 e. The van der Waals surface area contributed by atoms with E-state index in [1.165, 1.54) is 17.2 Å². The summed E-state index contributed by atoms with van der Waals surface area (Å²) in [6, 6.07) is 0.147. The molecule has 3 heterocycles. The Balaban J connectivity index is 1.99. The fourth-order valence-corrected chi connectivity index (χ4v) is 4.05. The van der Waals surface area contributed by atoms with Crippen LogP contribution in [0.5, 0.6) is 0 Å². The van der Waals surface area contributed by atoms with Gasteiger partial charge in [-0.2, -0.15) is 0 Å². The summed E-state index contributed by atoms with van der Waals surface area (Å²) in [5.41, 5.74) is 0.810. The predicted octanol–water partition coefficient (Wildman–Crippen LogP) is -0.560. The van der Waals surface area contributed by atoms with E-state index in [-0.39, 0.29) is 6.04 Å². The molecule has 0 aromatic carbocycles. The minimum absolute atomic E-state index is 0.147. The molecule has 3 rings (SSSR count). The minimum atomic E-state index is -4.75. The van der Waals surface area contributed by atoms with E-state index in [0.29, 0.717) is 17.0 Å². The number of hydrogen-bond donors (Lipinski definition) is 4. The van der Waals surface area contributed by atoms with E-state index < -0.39 is 38.0 Å². The van der Waals surface area contributed by atoms with Crippen LogP contribution >= 0.6 is 7.60 Å². The van der Waals surface area contributed by atoms with Crippen LogP contribution in [0.2, 0.25) is 0 Å². The molecule has 2 aromatic heterocycles. The number of methoxy groups -OCH3 is 1. The van der Waals surface area contributed by atoms with Crippen LogP contribution in [0.3, 0.4) is 0 Å². The van der Waals surface area contributed by atoms with Crippen LogP contribution in [-0.2, 0) is 14.0 Å². The number of hydrogen-bond acceptors (Lipinski definition) is 9. The lowest BCUT2D eigenvalue weighted by molar-refractivity contribution is -0.0761. The first kappa shape index (κ1) is 21.1. The van der Waals surface area contributed by atoms with Gasteiger partial charge in [-0.25, -0.2) is 15.0 Å². The third-order valence-corrected chi connectivity index (χ3v) is 6.02. The van der Waals surface area contributed by atoms with Crippen molar-refractivity contribution < 1.29 is 34.0 Å². The monoisotopic (exact) mass is 417 g/mol. The molecule has 0 aliphatic carbocycles. The molecule has 0 saturated carbocycles. The molecule has 0 spiro atoms. The number of nitrogens with zero attached hydrogens (tertiary/aromatic N) is 5. The topological polar surface area (TPSA) is 163 Å². The lowest BCUT2D eigenvalue weighted by Crippen LogP contribution is -2.39. The maximum Gasteiger partial charge on any atom is 0.356 e. The molecule has 1 fully saturated rings. The molecule has 2 aromatic rings. The Morgan fingerprint density at radius 1 is 1.25 bits per heavy atom. The third kappa shape index (κ3) is 3.52. The summed E-state index contributed by atoms with van der Waals surface area (Å²) >= 11 is 0. The molecule has 28 heavy (non-hydrogen) atoms. The highest BCUT2D eigenvalue weighted by Gasteiger charge is 2.52. The maximum atomic E-state index is 11.6. The molecule has 4 N–H and O–H groups in total. The molecule has 156 valence electrons. The molecular formula is C15H24N5O7P. The normalized spacial score (nSPS) is 26.9. The van der Waals surface area contributed by atoms with Crippen LogP contribution in [0.4, 0.5) is 5.82 Å². The Kier molecular flexibility index (Phi) is 5.74. The molecule has 0 amide bonds. The van der Waals surface area contributed by atoms with E-state index in [1.54, 1.807) is 0 Å². The van der Waals surface area contributed by atoms with Gasteiger partial charge in [-0.15, -0.1) is 0 Å². The average molecular weight is 417 g/mol. The van der Waals surface area contributed by atoms with Crippen LogP contribution in [0, 0.1) is 0 Å². The van der Waals surface area contributed by atoms with Gasteiger partial charge in [0.2, 0.25) is 0 Å². The van der Waals surface area contributed by atoms with Crippen molar-refractivity contribution in [2.75, 3.05) is 19.1 Å². The van der Waals surface area contributed by atoms with Crippen molar-refractivity contribution in [3.63, 3.8) is 0 Å². The fraction of sp³-hybridized carbons (Fsp3) is 0.667. The molecule has 1 unspecified atom stereocenters. The summed E-state index contributed by atoms with van der Waals surface area (Å²) in [4.78, 5) is 33.5. The molecule has 1 aliphatic rings. The van der Waals surface area contributed by atoms with Crippen molar-refractivity contribution >= 4 is 24.6 Å². The van der Waals surface area contributed by atoms with E-state index >= 15 is 0 Å². The molecular weight excluding hydrogens is 393 g/mol. The first-order valence-corrected chi connectivity index (χ1v) is 10.3. The summed E-state index contributed by atoms with van der Waals surface area (Å²) in [5.74, 6) is -1.15. The number of aromatic nitrogens is 4. The van der Waals surface area contributed by atoms with Gasteiger partial charge in [-0.1, -0.05) is 0 Å². The molecule has 1 saturated heterocycles. The Morgan fingerprint density at radius 3 is 2.50 bits per heavy atom. The molecule has 5 atom stereocenters. The molecule has 0 radical (unpaired) electrons. The second-order valence-electron chi connectivity index (χ2n) is 6.91. The number of ether oxygens (including phenoxy) is 2. The third-order valence-electron chi connectivity index (χ3n) is 4.85. The van der Waals surface area contributed by atoms with Gasteiger partial charge in [0.05, 0.1) is 6.33 Å². The number of anilines is 1. The van der Waals surface area contributed by atoms with Crippen molar-refractivity contribution in [1.29, 1.82) is 0 Å². The van der Waals surface area contributed by atoms with Crippen molar-refractivity contribution in [3.8, 4) is 0 Å². The highest BCUT2D eigenvalue weighted by atomic mass is 31.2. The highest BCUT2D eigenvalue weighted by Crippen LogP contribution is 2.48. The van der Waals surface area contributed by atoms with Crippen molar-refractivity contribution in [3.05, 3.63) is 12.7 Å². The van der Waals surface area contributed by atoms with Gasteiger partial charge < -0.3 is 34.4 Å². The maximum absolute atomic E-state index is 11.6. The van der Waals surface area contributed by atoms with E-state index in [0.717, 1.165) is 7.11 Å². The molecule has 12 nitrogen and oxygen atoms in total. The van der Waals surface area contributed by atoms with E-state index in [1.807, 2.05) is 25.8 Å². The zero-order valence-electron chi connectivity index (χ0n) is 15.8. The summed E-state index contributed by atoms with van der Waals surface area (Å²) in [6.07, 6.45) is -2.95. The van der Waals surface area contributed by atoms with Crippen molar-refractivity contribution in [2.45, 2.75) is 50.3 Å². The van der Waals surface area contributed by atoms with Gasteiger partial charge in [0.1, 0.15) is 24.6 Å². The lowest BCUT2D eigenvalue weighted by atomic mass is 10.1. The standard InChI is InChI=1S/C15H24N5O7P/c1-7(2)19(3)12-8-13(17-5-16-12)20(6-18-8)14-10(22)9(21)11(27-14)15(26-4)28(23,24)25/h5-7,9-11,14-15,21-22H,1-4H3,(H2,23,24,25)/t9-,10+,11+,14+,15?/m0/s1. The highest BCUT2D eigenvalue weighted by molar-refractivity contribution is 7.52. The predicted molar refractivity (Wildman–Crippen MR) is 97.6 cm³/mol. The number of imidazole rings is 1. The SMILES string of the molecule is COC([C@@H]1O[C@@H](n2cnc3c(N(C)C(C)C)ncnc32)[C@H](O)[C@@H]1O)P(=O)(O)O. The van der Waals surface area contributed by atoms with Crippen molar-refractivity contribution in [1.82, 2.24) is 19.5 Å². The lowest BCUT2D eigenvalue weighted by Gasteiger charge is -2.24. The Morgan fingerprint density at radius 2 is 1.93 bits per heavy atom. The fourth-order valence-electron chi connectivity index (χ4n) is 3.14. The molecule has 13 heteroatoms. The van der Waals surface area contributed by atoms with Crippen LogP contribution in [0.15, 0.2) is 12.7 Å². The van der Waals surface area contributed by atoms with E-state index in [2.05, 4.69) is 15.0 Å².